The summed E-state index contributed by atoms with van der Waals surface area (Å²) in [5.74, 6) is -1.15. The van der Waals surface area contributed by atoms with Gasteiger partial charge in [0.2, 0.25) is 10.0 Å². The summed E-state index contributed by atoms with van der Waals surface area (Å²) in [5.41, 5.74) is 1.77. The normalized spacial score (nSPS) is 11.3. The van der Waals surface area contributed by atoms with Crippen LogP contribution in [0, 0.1) is 0 Å². The third-order valence-corrected chi connectivity index (χ3v) is 6.44. The van der Waals surface area contributed by atoms with E-state index in [9.17, 15) is 18.0 Å². The molecule has 0 bridgehead atoms. The molecule has 7 nitrogen and oxygen atoms in total. The van der Waals surface area contributed by atoms with Crippen LogP contribution < -0.4 is 5.32 Å². The number of ether oxygens (including phenoxy) is 1. The zero-order chi connectivity index (χ0) is 21.4. The van der Waals surface area contributed by atoms with Crippen LogP contribution in [0.15, 0.2) is 53.4 Å². The largest absolute Gasteiger partial charge is 0.452 e. The van der Waals surface area contributed by atoms with Crippen molar-refractivity contribution in [2.75, 3.05) is 25.0 Å². The van der Waals surface area contributed by atoms with Gasteiger partial charge in [-0.3, -0.25) is 4.79 Å². The molecule has 8 heteroatoms. The maximum Gasteiger partial charge on any atom is 0.338 e. The highest BCUT2D eigenvalue weighted by Crippen LogP contribution is 2.19. The Morgan fingerprint density at radius 2 is 1.66 bits per heavy atom. The second-order valence-corrected chi connectivity index (χ2v) is 8.23. The Bertz CT molecular complexity index is 951. The van der Waals surface area contributed by atoms with Gasteiger partial charge in [0, 0.05) is 18.8 Å². The van der Waals surface area contributed by atoms with Gasteiger partial charge >= 0.3 is 5.97 Å². The lowest BCUT2D eigenvalue weighted by atomic mass is 10.1. The third-order valence-electron chi connectivity index (χ3n) is 4.39. The van der Waals surface area contributed by atoms with Gasteiger partial charge in [0.25, 0.3) is 5.91 Å². The lowest BCUT2D eigenvalue weighted by Gasteiger charge is -2.18. The van der Waals surface area contributed by atoms with Crippen molar-refractivity contribution in [3.63, 3.8) is 0 Å². The van der Waals surface area contributed by atoms with E-state index in [1.165, 1.54) is 16.4 Å². The minimum atomic E-state index is -3.63. The molecule has 0 aromatic heterocycles. The number of aryl methyl sites for hydroxylation is 1. The summed E-state index contributed by atoms with van der Waals surface area (Å²) in [6.07, 6.45) is 0.862. The highest BCUT2D eigenvalue weighted by atomic mass is 32.2. The van der Waals surface area contributed by atoms with E-state index in [2.05, 4.69) is 5.32 Å². The molecular weight excluding hydrogens is 392 g/mol. The van der Waals surface area contributed by atoms with E-state index < -0.39 is 28.5 Å². The zero-order valence-electron chi connectivity index (χ0n) is 16.8. The molecule has 29 heavy (non-hydrogen) atoms. The van der Waals surface area contributed by atoms with Crippen molar-refractivity contribution in [3.05, 3.63) is 59.7 Å². The summed E-state index contributed by atoms with van der Waals surface area (Å²) in [7, 11) is -3.63. The van der Waals surface area contributed by atoms with Crippen molar-refractivity contribution in [1.82, 2.24) is 4.31 Å². The molecule has 1 N–H and O–H groups in total. The first-order valence-corrected chi connectivity index (χ1v) is 10.9. The SMILES string of the molecule is CCc1ccc(C(=O)OCC(=O)Nc2cccc(S(=O)(=O)N(CC)CC)c2)cc1. The quantitative estimate of drug-likeness (QED) is 0.632. The van der Waals surface area contributed by atoms with Gasteiger partial charge in [-0.2, -0.15) is 4.31 Å². The smallest absolute Gasteiger partial charge is 0.338 e. The molecule has 0 aliphatic rings. The summed E-state index contributed by atoms with van der Waals surface area (Å²) >= 11 is 0. The topological polar surface area (TPSA) is 92.8 Å². The molecule has 0 heterocycles. The van der Waals surface area contributed by atoms with Crippen LogP contribution in [0.4, 0.5) is 5.69 Å². The van der Waals surface area contributed by atoms with E-state index in [4.69, 9.17) is 4.74 Å². The monoisotopic (exact) mass is 418 g/mol. The Balaban J connectivity index is 1.99. The van der Waals surface area contributed by atoms with Gasteiger partial charge in [0.1, 0.15) is 0 Å². The first kappa shape index (κ1) is 22.6. The van der Waals surface area contributed by atoms with Crippen LogP contribution in [0.3, 0.4) is 0 Å². The third kappa shape index (κ3) is 5.88. The standard InChI is InChI=1S/C21H26N2O5S/c1-4-16-10-12-17(13-11-16)21(25)28-15-20(24)22-18-8-7-9-19(14-18)29(26,27)23(5-2)6-3/h7-14H,4-6,15H2,1-3H3,(H,22,24). The molecule has 0 aliphatic carbocycles. The van der Waals surface area contributed by atoms with Crippen molar-refractivity contribution in [2.45, 2.75) is 32.1 Å². The predicted octanol–water partition coefficient (Wildman–Crippen LogP) is 3.08. The molecule has 2 aromatic carbocycles. The van der Waals surface area contributed by atoms with Crippen LogP contribution in [0.2, 0.25) is 0 Å². The van der Waals surface area contributed by atoms with Crippen LogP contribution in [0.5, 0.6) is 0 Å². The molecule has 2 rings (SSSR count). The maximum atomic E-state index is 12.6. The Hall–Kier alpha value is -2.71. The number of carbonyl (C=O) groups is 2. The highest BCUT2D eigenvalue weighted by molar-refractivity contribution is 7.89. The van der Waals surface area contributed by atoms with Crippen LogP contribution >= 0.6 is 0 Å². The molecule has 0 fully saturated rings. The van der Waals surface area contributed by atoms with E-state index in [0.29, 0.717) is 24.3 Å². The Kier molecular flexibility index (Phi) is 7.92. The molecule has 1 amide bonds. The van der Waals surface area contributed by atoms with E-state index >= 15 is 0 Å². The predicted molar refractivity (Wildman–Crippen MR) is 111 cm³/mol. The fourth-order valence-electron chi connectivity index (χ4n) is 2.73. The number of sulfonamides is 1. The van der Waals surface area contributed by atoms with E-state index in [1.807, 2.05) is 19.1 Å². The number of anilines is 1. The van der Waals surface area contributed by atoms with E-state index in [0.717, 1.165) is 12.0 Å². The van der Waals surface area contributed by atoms with Crippen LogP contribution in [-0.4, -0.2) is 44.3 Å². The summed E-state index contributed by atoms with van der Waals surface area (Å²) in [4.78, 5) is 24.2. The Morgan fingerprint density at radius 1 is 1.00 bits per heavy atom. The van der Waals surface area contributed by atoms with Gasteiger partial charge in [-0.05, 0) is 42.3 Å². The fraction of sp³-hybridized carbons (Fsp3) is 0.333. The van der Waals surface area contributed by atoms with Crippen LogP contribution in [0.1, 0.15) is 36.7 Å². The molecule has 0 saturated heterocycles. The van der Waals surface area contributed by atoms with Gasteiger partial charge in [-0.25, -0.2) is 13.2 Å². The molecule has 2 aromatic rings. The zero-order valence-corrected chi connectivity index (χ0v) is 17.7. The van der Waals surface area contributed by atoms with Crippen LogP contribution in [0.25, 0.3) is 0 Å². The molecule has 0 atom stereocenters. The number of hydrogen-bond donors (Lipinski definition) is 1. The number of amides is 1. The summed E-state index contributed by atoms with van der Waals surface area (Å²) in [6.45, 7) is 5.77. The highest BCUT2D eigenvalue weighted by Gasteiger charge is 2.22. The molecule has 0 saturated carbocycles. The number of rotatable bonds is 9. The number of hydrogen-bond acceptors (Lipinski definition) is 5. The molecule has 0 unspecified atom stereocenters. The molecular formula is C21H26N2O5S. The number of esters is 1. The van der Waals surface area contributed by atoms with Crippen molar-refractivity contribution in [3.8, 4) is 0 Å². The average molecular weight is 419 g/mol. The fourth-order valence-corrected chi connectivity index (χ4v) is 4.24. The Labute approximate surface area is 171 Å². The van der Waals surface area contributed by atoms with Crippen molar-refractivity contribution in [1.29, 1.82) is 0 Å². The second-order valence-electron chi connectivity index (χ2n) is 6.29. The molecule has 0 radical (unpaired) electrons. The average Bonchev–Trinajstić information content (AvgIpc) is 2.73. The van der Waals surface area contributed by atoms with Crippen molar-refractivity contribution in [2.24, 2.45) is 0 Å². The van der Waals surface area contributed by atoms with Crippen molar-refractivity contribution < 1.29 is 22.7 Å². The van der Waals surface area contributed by atoms with Crippen LogP contribution in [-0.2, 0) is 26.0 Å². The summed E-state index contributed by atoms with van der Waals surface area (Å²) in [6, 6.07) is 13.0. The number of nitrogens with zero attached hydrogens (tertiary/aromatic N) is 1. The van der Waals surface area contributed by atoms with Gasteiger partial charge in [-0.15, -0.1) is 0 Å². The molecule has 0 spiro atoms. The van der Waals surface area contributed by atoms with E-state index in [-0.39, 0.29) is 4.90 Å². The number of carbonyl (C=O) groups excluding carboxylic acids is 2. The van der Waals surface area contributed by atoms with Crippen molar-refractivity contribution >= 4 is 27.6 Å². The summed E-state index contributed by atoms with van der Waals surface area (Å²) in [5, 5.41) is 2.56. The maximum absolute atomic E-state index is 12.6. The second kappa shape index (κ2) is 10.2. The summed E-state index contributed by atoms with van der Waals surface area (Å²) < 4.78 is 31.5. The minimum Gasteiger partial charge on any atom is -0.452 e. The lowest BCUT2D eigenvalue weighted by molar-refractivity contribution is -0.119. The first-order valence-electron chi connectivity index (χ1n) is 9.47. The first-order chi connectivity index (χ1) is 13.8. The number of nitrogens with one attached hydrogen (secondary N) is 1. The van der Waals surface area contributed by atoms with Gasteiger partial charge in [0.05, 0.1) is 10.5 Å². The molecule has 0 aliphatic heterocycles. The van der Waals surface area contributed by atoms with Gasteiger partial charge in [0.15, 0.2) is 6.61 Å². The lowest BCUT2D eigenvalue weighted by Crippen LogP contribution is -2.30. The van der Waals surface area contributed by atoms with E-state index in [1.54, 1.807) is 38.1 Å². The van der Waals surface area contributed by atoms with Gasteiger partial charge < -0.3 is 10.1 Å². The Morgan fingerprint density at radius 3 is 2.24 bits per heavy atom. The minimum absolute atomic E-state index is 0.0898. The molecule has 156 valence electrons. The number of benzene rings is 2. The van der Waals surface area contributed by atoms with Gasteiger partial charge in [-0.1, -0.05) is 39.0 Å².